The van der Waals surface area contributed by atoms with E-state index < -0.39 is 0 Å². The zero-order chi connectivity index (χ0) is 19.3. The molecule has 2 aromatic rings. The first-order valence-electron chi connectivity index (χ1n) is 10.4. The zero-order valence-corrected chi connectivity index (χ0v) is 16.9. The van der Waals surface area contributed by atoms with Gasteiger partial charge in [0.15, 0.2) is 0 Å². The van der Waals surface area contributed by atoms with Crippen molar-refractivity contribution in [2.45, 2.75) is 45.4 Å². The van der Waals surface area contributed by atoms with Gasteiger partial charge >= 0.3 is 0 Å². The van der Waals surface area contributed by atoms with E-state index in [9.17, 15) is 9.59 Å². The molecule has 2 atom stereocenters. The van der Waals surface area contributed by atoms with E-state index in [0.717, 1.165) is 36.7 Å². The SMILES string of the molecule is CCCNC(=O)c1c(-c2ccco2)csc1NC(=O)C12CC3CC(CC1C3)C2. The maximum absolute atomic E-state index is 13.4. The normalized spacial score (nSPS) is 30.0. The highest BCUT2D eigenvalue weighted by Crippen LogP contribution is 2.65. The summed E-state index contributed by atoms with van der Waals surface area (Å²) in [6.07, 6.45) is 8.22. The van der Waals surface area contributed by atoms with Crippen molar-refractivity contribution < 1.29 is 14.0 Å². The molecule has 28 heavy (non-hydrogen) atoms. The van der Waals surface area contributed by atoms with Crippen molar-refractivity contribution in [1.29, 1.82) is 0 Å². The number of hydrogen-bond acceptors (Lipinski definition) is 4. The minimum atomic E-state index is -0.209. The van der Waals surface area contributed by atoms with Crippen LogP contribution in [0, 0.1) is 23.2 Å². The van der Waals surface area contributed by atoms with Crippen molar-refractivity contribution >= 4 is 28.2 Å². The van der Waals surface area contributed by atoms with Crippen LogP contribution in [0.4, 0.5) is 5.00 Å². The van der Waals surface area contributed by atoms with Crippen LogP contribution in [0.1, 0.15) is 55.8 Å². The van der Waals surface area contributed by atoms with Crippen molar-refractivity contribution in [3.05, 3.63) is 29.3 Å². The standard InChI is InChI=1S/C22H26N2O3S/c1-2-5-23-19(25)18-16(17-4-3-6-27-17)12-28-20(18)24-21(26)22-10-13-7-14(11-22)9-15(22)8-13/h3-4,6,12-15H,2,5,7-11H2,1H3,(H,23,25)(H,24,26). The number of nitrogens with one attached hydrogen (secondary N) is 2. The molecular formula is C22H26N2O3S. The number of rotatable bonds is 6. The Morgan fingerprint density at radius 1 is 1.25 bits per heavy atom. The minimum Gasteiger partial charge on any atom is -0.464 e. The van der Waals surface area contributed by atoms with Gasteiger partial charge in [-0.25, -0.2) is 0 Å². The van der Waals surface area contributed by atoms with E-state index in [2.05, 4.69) is 10.6 Å². The Hall–Kier alpha value is -2.08. The Balaban J connectivity index is 1.45. The highest BCUT2D eigenvalue weighted by molar-refractivity contribution is 7.15. The van der Waals surface area contributed by atoms with Crippen LogP contribution in [0.15, 0.2) is 28.2 Å². The van der Waals surface area contributed by atoms with Gasteiger partial charge < -0.3 is 15.1 Å². The molecule has 2 aromatic heterocycles. The van der Waals surface area contributed by atoms with Crippen LogP contribution in [0.25, 0.3) is 11.3 Å². The lowest BCUT2D eigenvalue weighted by molar-refractivity contribution is -0.127. The smallest absolute Gasteiger partial charge is 0.255 e. The van der Waals surface area contributed by atoms with E-state index in [4.69, 9.17) is 4.42 Å². The third-order valence-electron chi connectivity index (χ3n) is 7.01. The van der Waals surface area contributed by atoms with Crippen molar-refractivity contribution in [2.75, 3.05) is 11.9 Å². The fraction of sp³-hybridized carbons (Fsp3) is 0.545. The number of carbonyl (C=O) groups is 2. The van der Waals surface area contributed by atoms with Crippen LogP contribution < -0.4 is 10.6 Å². The Bertz CT molecular complexity index is 887. The Morgan fingerprint density at radius 3 is 2.71 bits per heavy atom. The molecular weight excluding hydrogens is 372 g/mol. The molecule has 4 aliphatic rings. The van der Waals surface area contributed by atoms with Crippen LogP contribution in [-0.2, 0) is 4.79 Å². The summed E-state index contributed by atoms with van der Waals surface area (Å²) in [6.45, 7) is 2.63. The second kappa shape index (κ2) is 6.76. The molecule has 4 saturated carbocycles. The van der Waals surface area contributed by atoms with Gasteiger partial charge in [-0.15, -0.1) is 11.3 Å². The summed E-state index contributed by atoms with van der Waals surface area (Å²) in [7, 11) is 0. The first-order chi connectivity index (χ1) is 13.6. The molecule has 6 heteroatoms. The molecule has 0 aromatic carbocycles. The maximum atomic E-state index is 13.4. The molecule has 2 N–H and O–H groups in total. The average Bonchev–Trinajstić information content (AvgIpc) is 3.42. The number of hydrogen-bond donors (Lipinski definition) is 2. The molecule has 2 unspecified atom stereocenters. The lowest BCUT2D eigenvalue weighted by Gasteiger charge is -2.31. The second-order valence-electron chi connectivity index (χ2n) is 8.74. The Labute approximate surface area is 168 Å². The molecule has 0 saturated heterocycles. The van der Waals surface area contributed by atoms with Crippen molar-refractivity contribution in [3.8, 4) is 11.3 Å². The summed E-state index contributed by atoms with van der Waals surface area (Å²) in [4.78, 5) is 26.3. The molecule has 2 heterocycles. The third kappa shape index (κ3) is 2.72. The van der Waals surface area contributed by atoms with Crippen LogP contribution in [0.2, 0.25) is 0 Å². The average molecular weight is 399 g/mol. The predicted octanol–water partition coefficient (Wildman–Crippen LogP) is 4.91. The molecule has 4 fully saturated rings. The summed E-state index contributed by atoms with van der Waals surface area (Å²) in [5.41, 5.74) is 1.06. The molecule has 5 nitrogen and oxygen atoms in total. The van der Waals surface area contributed by atoms with Gasteiger partial charge in [0.2, 0.25) is 5.91 Å². The maximum Gasteiger partial charge on any atom is 0.255 e. The molecule has 6 rings (SSSR count). The minimum absolute atomic E-state index is 0.125. The van der Waals surface area contributed by atoms with Crippen molar-refractivity contribution in [1.82, 2.24) is 5.32 Å². The lowest BCUT2D eigenvalue weighted by Crippen LogP contribution is -2.37. The summed E-state index contributed by atoms with van der Waals surface area (Å²) >= 11 is 1.41. The first-order valence-corrected chi connectivity index (χ1v) is 11.2. The van der Waals surface area contributed by atoms with Crippen LogP contribution in [-0.4, -0.2) is 18.4 Å². The van der Waals surface area contributed by atoms with Gasteiger partial charge in [0.1, 0.15) is 10.8 Å². The number of carbonyl (C=O) groups excluding carboxylic acids is 2. The van der Waals surface area contributed by atoms with Gasteiger partial charge in [-0.05, 0) is 68.4 Å². The van der Waals surface area contributed by atoms with Gasteiger partial charge in [-0.1, -0.05) is 6.92 Å². The van der Waals surface area contributed by atoms with E-state index in [0.29, 0.717) is 28.8 Å². The summed E-state index contributed by atoms with van der Waals surface area (Å²) in [5.74, 6) is 2.59. The topological polar surface area (TPSA) is 71.3 Å². The first kappa shape index (κ1) is 18.0. The van der Waals surface area contributed by atoms with Gasteiger partial charge in [0.05, 0.1) is 17.2 Å². The monoisotopic (exact) mass is 398 g/mol. The van der Waals surface area contributed by atoms with Crippen molar-refractivity contribution in [3.63, 3.8) is 0 Å². The molecule has 0 spiro atoms. The van der Waals surface area contributed by atoms with Crippen LogP contribution in [0.3, 0.4) is 0 Å². The highest BCUT2D eigenvalue weighted by Gasteiger charge is 2.61. The van der Waals surface area contributed by atoms with E-state index >= 15 is 0 Å². The van der Waals surface area contributed by atoms with E-state index in [1.165, 1.54) is 30.6 Å². The van der Waals surface area contributed by atoms with Gasteiger partial charge in [-0.2, -0.15) is 0 Å². The summed E-state index contributed by atoms with van der Waals surface area (Å²) in [5, 5.41) is 8.68. The molecule has 148 valence electrons. The number of furan rings is 1. The quantitative estimate of drug-likeness (QED) is 0.726. The van der Waals surface area contributed by atoms with Crippen molar-refractivity contribution in [2.24, 2.45) is 23.2 Å². The predicted molar refractivity (Wildman–Crippen MR) is 109 cm³/mol. The zero-order valence-electron chi connectivity index (χ0n) is 16.1. The second-order valence-corrected chi connectivity index (χ2v) is 9.62. The fourth-order valence-corrected chi connectivity index (χ4v) is 6.95. The van der Waals surface area contributed by atoms with Gasteiger partial charge in [0.25, 0.3) is 5.91 Å². The fourth-order valence-electron chi connectivity index (χ4n) is 6.01. The number of anilines is 1. The third-order valence-corrected chi connectivity index (χ3v) is 7.90. The van der Waals surface area contributed by atoms with Gasteiger partial charge in [0, 0.05) is 17.5 Å². The Kier molecular flexibility index (Phi) is 4.34. The number of amides is 2. The Morgan fingerprint density at radius 2 is 2.04 bits per heavy atom. The van der Waals surface area contributed by atoms with E-state index in [1.807, 2.05) is 24.4 Å². The largest absolute Gasteiger partial charge is 0.464 e. The number of thiophene rings is 1. The molecule has 0 aliphatic heterocycles. The highest BCUT2D eigenvalue weighted by atomic mass is 32.1. The van der Waals surface area contributed by atoms with E-state index in [-0.39, 0.29) is 17.2 Å². The van der Waals surface area contributed by atoms with Crippen LogP contribution in [0.5, 0.6) is 0 Å². The lowest BCUT2D eigenvalue weighted by atomic mass is 9.75. The van der Waals surface area contributed by atoms with E-state index in [1.54, 1.807) is 6.26 Å². The molecule has 4 aliphatic carbocycles. The summed E-state index contributed by atoms with van der Waals surface area (Å²) in [6, 6.07) is 3.66. The van der Waals surface area contributed by atoms with Gasteiger partial charge in [-0.3, -0.25) is 9.59 Å². The van der Waals surface area contributed by atoms with Crippen LogP contribution >= 0.6 is 11.3 Å². The molecule has 4 bridgehead atoms. The molecule has 0 radical (unpaired) electrons. The molecule has 2 amide bonds. The summed E-state index contributed by atoms with van der Waals surface area (Å²) < 4.78 is 5.53.